The maximum atomic E-state index is 14.0. The Morgan fingerprint density at radius 2 is 1.38 bits per heavy atom. The lowest BCUT2D eigenvalue weighted by atomic mass is 9.68. The minimum atomic E-state index is -2.39. The minimum absolute atomic E-state index is 0.129. The Morgan fingerprint density at radius 1 is 0.812 bits per heavy atom. The van der Waals surface area contributed by atoms with Crippen molar-refractivity contribution < 1.29 is 8.78 Å². The molecule has 0 amide bonds. The molecule has 2 unspecified atom stereocenters. The van der Waals surface area contributed by atoms with Crippen LogP contribution in [-0.4, -0.2) is 5.92 Å². The van der Waals surface area contributed by atoms with Gasteiger partial charge in [0, 0.05) is 12.3 Å². The zero-order chi connectivity index (χ0) is 11.8. The van der Waals surface area contributed by atoms with E-state index in [0.717, 1.165) is 44.4 Å². The van der Waals surface area contributed by atoms with Crippen LogP contribution in [0.4, 0.5) is 8.78 Å². The first-order valence-electron chi connectivity index (χ1n) is 6.87. The summed E-state index contributed by atoms with van der Waals surface area (Å²) in [6.45, 7) is 4.21. The first-order valence-corrected chi connectivity index (χ1v) is 6.87. The van der Waals surface area contributed by atoms with Gasteiger partial charge >= 0.3 is 0 Å². The summed E-state index contributed by atoms with van der Waals surface area (Å²) in [4.78, 5) is 0. The Bertz CT molecular complexity index is 229. The summed E-state index contributed by atoms with van der Waals surface area (Å²) in [6.07, 6.45) is 6.29. The predicted molar refractivity (Wildman–Crippen MR) is 62.6 cm³/mol. The Labute approximate surface area is 97.8 Å². The van der Waals surface area contributed by atoms with Gasteiger partial charge in [0.25, 0.3) is 5.92 Å². The highest BCUT2D eigenvalue weighted by Gasteiger charge is 2.47. The van der Waals surface area contributed by atoms with Crippen molar-refractivity contribution in [2.45, 2.75) is 64.7 Å². The molecule has 2 aliphatic rings. The highest BCUT2D eigenvalue weighted by Crippen LogP contribution is 2.48. The molecule has 2 saturated carbocycles. The maximum Gasteiger partial charge on any atom is 0.251 e. The van der Waals surface area contributed by atoms with E-state index in [4.69, 9.17) is 0 Å². The molecule has 0 bridgehead atoms. The van der Waals surface area contributed by atoms with E-state index in [1.807, 2.05) is 6.92 Å². The lowest BCUT2D eigenvalue weighted by Gasteiger charge is -2.41. The van der Waals surface area contributed by atoms with Crippen LogP contribution in [0, 0.1) is 23.7 Å². The zero-order valence-electron chi connectivity index (χ0n) is 10.5. The second-order valence-corrected chi connectivity index (χ2v) is 6.27. The van der Waals surface area contributed by atoms with E-state index in [9.17, 15) is 8.78 Å². The molecule has 2 fully saturated rings. The Balaban J connectivity index is 1.98. The number of halogens is 2. The molecule has 0 N–H and O–H groups in total. The summed E-state index contributed by atoms with van der Waals surface area (Å²) in [5, 5.41) is 0. The second kappa shape index (κ2) is 4.62. The molecule has 0 aromatic heterocycles. The van der Waals surface area contributed by atoms with Crippen molar-refractivity contribution in [3.63, 3.8) is 0 Å². The van der Waals surface area contributed by atoms with Crippen molar-refractivity contribution in [1.29, 1.82) is 0 Å². The Morgan fingerprint density at radius 3 is 1.94 bits per heavy atom. The van der Waals surface area contributed by atoms with Crippen LogP contribution in [0.5, 0.6) is 0 Å². The average molecular weight is 230 g/mol. The lowest BCUT2D eigenvalue weighted by Crippen LogP contribution is -2.40. The molecular weight excluding hydrogens is 206 g/mol. The Kier molecular flexibility index (Phi) is 3.56. The molecule has 0 radical (unpaired) electrons. The standard InChI is InChI=1S/C14H24F2/c1-10-3-6-12(7-4-10)13-8-5-11(2)9-14(13,15)16/h10-13H,3-9H2,1-2H3. The third kappa shape index (κ3) is 2.57. The molecule has 2 aliphatic carbocycles. The molecular formula is C14H24F2. The molecule has 0 aliphatic heterocycles. The highest BCUT2D eigenvalue weighted by atomic mass is 19.3. The van der Waals surface area contributed by atoms with Gasteiger partial charge in [-0.3, -0.25) is 0 Å². The van der Waals surface area contributed by atoms with Crippen LogP contribution < -0.4 is 0 Å². The van der Waals surface area contributed by atoms with E-state index in [1.54, 1.807) is 0 Å². The van der Waals surface area contributed by atoms with Gasteiger partial charge in [0.2, 0.25) is 0 Å². The average Bonchev–Trinajstić information content (AvgIpc) is 2.18. The molecule has 0 spiro atoms. The van der Waals surface area contributed by atoms with Crippen LogP contribution >= 0.6 is 0 Å². The predicted octanol–water partition coefficient (Wildman–Crippen LogP) is 4.88. The molecule has 2 atom stereocenters. The van der Waals surface area contributed by atoms with E-state index >= 15 is 0 Å². The molecule has 94 valence electrons. The molecule has 0 saturated heterocycles. The summed E-state index contributed by atoms with van der Waals surface area (Å²) in [5.74, 6) is -1.42. The molecule has 0 aromatic rings. The summed E-state index contributed by atoms with van der Waals surface area (Å²) >= 11 is 0. The van der Waals surface area contributed by atoms with Crippen molar-refractivity contribution in [2.24, 2.45) is 23.7 Å². The van der Waals surface area contributed by atoms with Crippen molar-refractivity contribution in [3.05, 3.63) is 0 Å². The third-order valence-corrected chi connectivity index (χ3v) is 4.76. The molecule has 0 aromatic carbocycles. The van der Waals surface area contributed by atoms with Gasteiger partial charge in [-0.25, -0.2) is 8.78 Å². The zero-order valence-corrected chi connectivity index (χ0v) is 10.5. The minimum Gasteiger partial charge on any atom is -0.207 e. The van der Waals surface area contributed by atoms with Gasteiger partial charge in [0.15, 0.2) is 0 Å². The third-order valence-electron chi connectivity index (χ3n) is 4.76. The number of hydrogen-bond acceptors (Lipinski definition) is 0. The summed E-state index contributed by atoms with van der Waals surface area (Å²) in [5.41, 5.74) is 0. The van der Waals surface area contributed by atoms with Crippen LogP contribution in [0.3, 0.4) is 0 Å². The van der Waals surface area contributed by atoms with Gasteiger partial charge in [0.05, 0.1) is 0 Å². The van der Waals surface area contributed by atoms with Crippen LogP contribution in [0.25, 0.3) is 0 Å². The van der Waals surface area contributed by atoms with Gasteiger partial charge in [0.1, 0.15) is 0 Å². The van der Waals surface area contributed by atoms with E-state index in [1.165, 1.54) is 0 Å². The van der Waals surface area contributed by atoms with Crippen LogP contribution in [0.2, 0.25) is 0 Å². The second-order valence-electron chi connectivity index (χ2n) is 6.27. The van der Waals surface area contributed by atoms with Gasteiger partial charge in [-0.05, 0) is 37.0 Å². The van der Waals surface area contributed by atoms with E-state index in [-0.39, 0.29) is 18.3 Å². The Hall–Kier alpha value is -0.140. The van der Waals surface area contributed by atoms with Crippen molar-refractivity contribution in [2.75, 3.05) is 0 Å². The van der Waals surface area contributed by atoms with Crippen molar-refractivity contribution in [3.8, 4) is 0 Å². The topological polar surface area (TPSA) is 0 Å². The largest absolute Gasteiger partial charge is 0.251 e. The lowest BCUT2D eigenvalue weighted by molar-refractivity contribution is -0.125. The normalized spacial score (nSPS) is 44.2. The SMILES string of the molecule is CC1CCC(C2CCC(C)CC2(F)F)CC1. The monoisotopic (exact) mass is 230 g/mol. The van der Waals surface area contributed by atoms with E-state index < -0.39 is 5.92 Å². The van der Waals surface area contributed by atoms with Crippen LogP contribution in [-0.2, 0) is 0 Å². The molecule has 0 nitrogen and oxygen atoms in total. The molecule has 16 heavy (non-hydrogen) atoms. The summed E-state index contributed by atoms with van der Waals surface area (Å²) in [7, 11) is 0. The van der Waals surface area contributed by atoms with E-state index in [2.05, 4.69) is 6.92 Å². The van der Waals surface area contributed by atoms with Crippen LogP contribution in [0.1, 0.15) is 58.8 Å². The first-order chi connectivity index (χ1) is 7.49. The number of alkyl halides is 2. The molecule has 2 heteroatoms. The van der Waals surface area contributed by atoms with Gasteiger partial charge < -0.3 is 0 Å². The fraction of sp³-hybridized carbons (Fsp3) is 1.00. The van der Waals surface area contributed by atoms with Gasteiger partial charge in [-0.2, -0.15) is 0 Å². The van der Waals surface area contributed by atoms with Gasteiger partial charge in [-0.15, -0.1) is 0 Å². The van der Waals surface area contributed by atoms with Crippen molar-refractivity contribution >= 4 is 0 Å². The quantitative estimate of drug-likeness (QED) is 0.602. The number of rotatable bonds is 1. The number of hydrogen-bond donors (Lipinski definition) is 0. The highest BCUT2D eigenvalue weighted by molar-refractivity contribution is 4.90. The molecule has 0 heterocycles. The summed E-state index contributed by atoms with van der Waals surface area (Å²) in [6, 6.07) is 0. The van der Waals surface area contributed by atoms with Crippen molar-refractivity contribution in [1.82, 2.24) is 0 Å². The fourth-order valence-corrected chi connectivity index (χ4v) is 3.66. The van der Waals surface area contributed by atoms with Gasteiger partial charge in [-0.1, -0.05) is 33.1 Å². The first kappa shape index (κ1) is 12.3. The molecule has 2 rings (SSSR count). The smallest absolute Gasteiger partial charge is 0.207 e. The van der Waals surface area contributed by atoms with E-state index in [0.29, 0.717) is 5.92 Å². The fourth-order valence-electron chi connectivity index (χ4n) is 3.66. The van der Waals surface area contributed by atoms with Crippen LogP contribution in [0.15, 0.2) is 0 Å². The maximum absolute atomic E-state index is 14.0. The summed E-state index contributed by atoms with van der Waals surface area (Å²) < 4.78 is 28.0.